The molecule has 1 unspecified atom stereocenters. The smallest absolute Gasteiger partial charge is 0.407 e. The summed E-state index contributed by atoms with van der Waals surface area (Å²) in [5.41, 5.74) is 1.74. The van der Waals surface area contributed by atoms with Crippen molar-refractivity contribution in [3.05, 3.63) is 35.5 Å². The molecule has 1 aliphatic heterocycles. The van der Waals surface area contributed by atoms with Crippen molar-refractivity contribution in [2.75, 3.05) is 24.6 Å². The van der Waals surface area contributed by atoms with E-state index in [1.807, 2.05) is 5.38 Å². The van der Waals surface area contributed by atoms with Crippen LogP contribution < -0.4 is 10.2 Å². The Morgan fingerprint density at radius 2 is 2.25 bits per heavy atom. The van der Waals surface area contributed by atoms with E-state index in [0.717, 1.165) is 42.3 Å². The molecule has 2 aromatic rings. The van der Waals surface area contributed by atoms with Gasteiger partial charge < -0.3 is 15.0 Å². The van der Waals surface area contributed by atoms with E-state index in [0.29, 0.717) is 6.61 Å². The number of anilines is 1. The Balaban J connectivity index is 1.66. The summed E-state index contributed by atoms with van der Waals surface area (Å²) in [5, 5.41) is 5.79. The predicted octanol–water partition coefficient (Wildman–Crippen LogP) is 3.66. The van der Waals surface area contributed by atoms with Crippen LogP contribution in [0, 0.1) is 5.82 Å². The monoisotopic (exact) mass is 349 g/mol. The van der Waals surface area contributed by atoms with Gasteiger partial charge in [-0.1, -0.05) is 0 Å². The molecule has 1 fully saturated rings. The molecule has 1 saturated heterocycles. The Morgan fingerprint density at radius 3 is 3.00 bits per heavy atom. The van der Waals surface area contributed by atoms with Gasteiger partial charge in [0.1, 0.15) is 5.82 Å². The molecule has 128 valence electrons. The number of carbonyl (C=O) groups is 1. The topological polar surface area (TPSA) is 54.5 Å². The third-order valence-electron chi connectivity index (χ3n) is 3.92. The molecule has 1 aliphatic rings. The second kappa shape index (κ2) is 7.61. The summed E-state index contributed by atoms with van der Waals surface area (Å²) in [6.45, 7) is 3.79. The molecule has 1 amide bonds. The van der Waals surface area contributed by atoms with Gasteiger partial charge in [-0.15, -0.1) is 11.3 Å². The van der Waals surface area contributed by atoms with Crippen LogP contribution in [-0.2, 0) is 4.74 Å². The number of nitrogens with one attached hydrogen (secondary N) is 1. The molecule has 0 bridgehead atoms. The van der Waals surface area contributed by atoms with Crippen LogP contribution in [0.4, 0.5) is 14.3 Å². The SMILES string of the molecule is CCOC(=O)NC1CCCN(c2nc(-c3ccc(F)cc3)cs2)C1. The number of hydrogen-bond donors (Lipinski definition) is 1. The summed E-state index contributed by atoms with van der Waals surface area (Å²) in [6.07, 6.45) is 1.56. The first-order valence-corrected chi connectivity index (χ1v) is 8.93. The van der Waals surface area contributed by atoms with Crippen LogP contribution in [0.3, 0.4) is 0 Å². The van der Waals surface area contributed by atoms with Gasteiger partial charge in [-0.3, -0.25) is 0 Å². The van der Waals surface area contributed by atoms with Gasteiger partial charge >= 0.3 is 6.09 Å². The van der Waals surface area contributed by atoms with Crippen molar-refractivity contribution in [1.82, 2.24) is 10.3 Å². The Morgan fingerprint density at radius 1 is 1.46 bits per heavy atom. The Bertz CT molecular complexity index is 689. The minimum atomic E-state index is -0.365. The third-order valence-corrected chi connectivity index (χ3v) is 4.82. The molecule has 3 rings (SSSR count). The van der Waals surface area contributed by atoms with Gasteiger partial charge in [-0.2, -0.15) is 0 Å². The van der Waals surface area contributed by atoms with Gasteiger partial charge in [0.2, 0.25) is 0 Å². The normalized spacial score (nSPS) is 17.6. The van der Waals surface area contributed by atoms with Crippen LogP contribution in [-0.4, -0.2) is 36.8 Å². The standard InChI is InChI=1S/C17H20FN3O2S/c1-2-23-17(22)19-14-4-3-9-21(10-14)16-20-15(11-24-16)12-5-7-13(18)8-6-12/h5-8,11,14H,2-4,9-10H2,1H3,(H,19,22). The summed E-state index contributed by atoms with van der Waals surface area (Å²) in [6, 6.07) is 6.41. The molecule has 0 spiro atoms. The van der Waals surface area contributed by atoms with Crippen LogP contribution in [0.1, 0.15) is 19.8 Å². The number of benzene rings is 1. The number of carbonyl (C=O) groups excluding carboxylic acids is 1. The minimum absolute atomic E-state index is 0.0657. The van der Waals surface area contributed by atoms with Crippen LogP contribution >= 0.6 is 11.3 Å². The molecule has 7 heteroatoms. The molecule has 0 radical (unpaired) electrons. The van der Waals surface area contributed by atoms with Gasteiger partial charge in [-0.05, 0) is 44.0 Å². The second-order valence-corrected chi connectivity index (χ2v) is 6.51. The van der Waals surface area contributed by atoms with Crippen molar-refractivity contribution >= 4 is 22.6 Å². The third kappa shape index (κ3) is 4.03. The van der Waals surface area contributed by atoms with Crippen molar-refractivity contribution in [2.24, 2.45) is 0 Å². The fourth-order valence-electron chi connectivity index (χ4n) is 2.77. The predicted molar refractivity (Wildman–Crippen MR) is 92.9 cm³/mol. The molecular weight excluding hydrogens is 329 g/mol. The largest absolute Gasteiger partial charge is 0.450 e. The van der Waals surface area contributed by atoms with Gasteiger partial charge in [0, 0.05) is 30.1 Å². The minimum Gasteiger partial charge on any atom is -0.450 e. The Labute approximate surface area is 144 Å². The van der Waals surface area contributed by atoms with Gasteiger partial charge in [0.05, 0.1) is 12.3 Å². The van der Waals surface area contributed by atoms with Gasteiger partial charge in [-0.25, -0.2) is 14.2 Å². The van der Waals surface area contributed by atoms with Gasteiger partial charge in [0.25, 0.3) is 0 Å². The van der Waals surface area contributed by atoms with E-state index in [-0.39, 0.29) is 18.0 Å². The molecule has 1 atom stereocenters. The summed E-state index contributed by atoms with van der Waals surface area (Å²) in [5.74, 6) is -0.252. The fraction of sp³-hybridized carbons (Fsp3) is 0.412. The quantitative estimate of drug-likeness (QED) is 0.915. The summed E-state index contributed by atoms with van der Waals surface area (Å²) < 4.78 is 18.0. The van der Waals surface area contributed by atoms with Crippen LogP contribution in [0.2, 0.25) is 0 Å². The van der Waals surface area contributed by atoms with Crippen molar-refractivity contribution in [3.8, 4) is 11.3 Å². The lowest BCUT2D eigenvalue weighted by Gasteiger charge is -2.32. The number of aromatic nitrogens is 1. The number of thiazole rings is 1. The first kappa shape index (κ1) is 16.7. The van der Waals surface area contributed by atoms with E-state index < -0.39 is 0 Å². The highest BCUT2D eigenvalue weighted by atomic mass is 32.1. The number of amides is 1. The number of nitrogens with zero attached hydrogens (tertiary/aromatic N) is 2. The van der Waals surface area contributed by atoms with E-state index in [4.69, 9.17) is 4.74 Å². The summed E-state index contributed by atoms with van der Waals surface area (Å²) in [4.78, 5) is 18.4. The average molecular weight is 349 g/mol. The molecular formula is C17H20FN3O2S. The van der Waals surface area contributed by atoms with Crippen LogP contribution in [0.25, 0.3) is 11.3 Å². The zero-order valence-electron chi connectivity index (χ0n) is 13.5. The highest BCUT2D eigenvalue weighted by Crippen LogP contribution is 2.29. The van der Waals surface area contributed by atoms with E-state index in [9.17, 15) is 9.18 Å². The van der Waals surface area contributed by atoms with Crippen LogP contribution in [0.5, 0.6) is 0 Å². The molecule has 0 saturated carbocycles. The number of halogens is 1. The number of alkyl carbamates (subject to hydrolysis) is 1. The highest BCUT2D eigenvalue weighted by molar-refractivity contribution is 7.14. The highest BCUT2D eigenvalue weighted by Gasteiger charge is 2.23. The van der Waals surface area contributed by atoms with E-state index in [2.05, 4.69) is 15.2 Å². The lowest BCUT2D eigenvalue weighted by atomic mass is 10.1. The molecule has 5 nitrogen and oxygen atoms in total. The molecule has 1 aromatic carbocycles. The maximum atomic E-state index is 13.0. The first-order valence-electron chi connectivity index (χ1n) is 8.05. The zero-order chi connectivity index (χ0) is 16.9. The summed E-state index contributed by atoms with van der Waals surface area (Å²) in [7, 11) is 0. The zero-order valence-corrected chi connectivity index (χ0v) is 14.3. The van der Waals surface area contributed by atoms with E-state index in [1.165, 1.54) is 12.1 Å². The lowest BCUT2D eigenvalue weighted by molar-refractivity contribution is 0.146. The van der Waals surface area contributed by atoms with Crippen molar-refractivity contribution in [2.45, 2.75) is 25.8 Å². The average Bonchev–Trinajstić information content (AvgIpc) is 3.06. The number of ether oxygens (including phenoxy) is 1. The van der Waals surface area contributed by atoms with Gasteiger partial charge in [0.15, 0.2) is 5.13 Å². The summed E-state index contributed by atoms with van der Waals surface area (Å²) >= 11 is 1.56. The number of hydrogen-bond acceptors (Lipinski definition) is 5. The molecule has 1 N–H and O–H groups in total. The van der Waals surface area contributed by atoms with E-state index >= 15 is 0 Å². The van der Waals surface area contributed by atoms with E-state index in [1.54, 1.807) is 30.4 Å². The number of rotatable bonds is 4. The van der Waals surface area contributed by atoms with Crippen LogP contribution in [0.15, 0.2) is 29.6 Å². The molecule has 0 aliphatic carbocycles. The Hall–Kier alpha value is -2.15. The maximum Gasteiger partial charge on any atom is 0.407 e. The molecule has 1 aromatic heterocycles. The molecule has 2 heterocycles. The molecule has 24 heavy (non-hydrogen) atoms. The lowest BCUT2D eigenvalue weighted by Crippen LogP contribution is -2.48. The maximum absolute atomic E-state index is 13.0. The second-order valence-electron chi connectivity index (χ2n) is 5.67. The number of piperidine rings is 1. The van der Waals surface area contributed by atoms with Crippen molar-refractivity contribution in [1.29, 1.82) is 0 Å². The Kier molecular flexibility index (Phi) is 5.30. The first-order chi connectivity index (χ1) is 11.7. The fourth-order valence-corrected chi connectivity index (χ4v) is 3.64. The van der Waals surface area contributed by atoms with Crippen molar-refractivity contribution in [3.63, 3.8) is 0 Å². The van der Waals surface area contributed by atoms with Crippen molar-refractivity contribution < 1.29 is 13.9 Å².